The zero-order chi connectivity index (χ0) is 37.5. The molecular weight excluding hydrogens is 717 g/mol. The zero-order valence-corrected chi connectivity index (χ0v) is 31.2. The molecule has 8 aromatic carbocycles. The van der Waals surface area contributed by atoms with Crippen LogP contribution < -0.4 is 0 Å². The Labute approximate surface area is 330 Å². The van der Waals surface area contributed by atoms with Gasteiger partial charge in [-0.15, -0.1) is 11.3 Å². The van der Waals surface area contributed by atoms with Crippen molar-refractivity contribution in [1.82, 2.24) is 19.5 Å². The van der Waals surface area contributed by atoms with Gasteiger partial charge in [0, 0.05) is 69.7 Å². The Hall–Kier alpha value is -7.41. The van der Waals surface area contributed by atoms with Crippen LogP contribution >= 0.6 is 11.3 Å². The summed E-state index contributed by atoms with van der Waals surface area (Å²) in [6.45, 7) is 0. The predicted molar refractivity (Wildman–Crippen MR) is 236 cm³/mol. The van der Waals surface area contributed by atoms with Gasteiger partial charge >= 0.3 is 0 Å². The minimum atomic E-state index is 0.589. The van der Waals surface area contributed by atoms with Gasteiger partial charge in [0.15, 0.2) is 17.5 Å². The highest BCUT2D eigenvalue weighted by Gasteiger charge is 2.22. The van der Waals surface area contributed by atoms with E-state index in [1.54, 1.807) is 11.3 Å². The number of fused-ring (bicyclic) bond motifs is 9. The van der Waals surface area contributed by atoms with Gasteiger partial charge in [0.1, 0.15) is 11.2 Å². The SMILES string of the molecule is c1ccc(-c2nc(-c3ccc4sc5ccccc5c4c3)nc(-c3cccc4oc5c(-c6ccccc6)cc(-n6c7ccccc7c7ccccc76)cc5c34)n2)cc1. The monoisotopic (exact) mass is 746 g/mol. The lowest BCUT2D eigenvalue weighted by atomic mass is 9.99. The highest BCUT2D eigenvalue weighted by Crippen LogP contribution is 2.44. The topological polar surface area (TPSA) is 56.7 Å². The molecule has 57 heavy (non-hydrogen) atoms. The fraction of sp³-hybridized carbons (Fsp3) is 0. The van der Waals surface area contributed by atoms with Crippen LogP contribution in [0.3, 0.4) is 0 Å². The minimum absolute atomic E-state index is 0.589. The van der Waals surface area contributed by atoms with Crippen molar-refractivity contribution in [2.24, 2.45) is 0 Å². The molecule has 0 N–H and O–H groups in total. The summed E-state index contributed by atoms with van der Waals surface area (Å²) in [7, 11) is 0. The highest BCUT2D eigenvalue weighted by atomic mass is 32.1. The molecule has 0 bridgehead atoms. The van der Waals surface area contributed by atoms with Crippen molar-refractivity contribution in [2.45, 2.75) is 0 Å². The molecule has 0 aliphatic carbocycles. The second-order valence-corrected chi connectivity index (χ2v) is 15.5. The van der Waals surface area contributed by atoms with Crippen molar-refractivity contribution < 1.29 is 4.42 Å². The molecule has 6 heteroatoms. The molecule has 0 spiro atoms. The van der Waals surface area contributed by atoms with E-state index >= 15 is 0 Å². The van der Waals surface area contributed by atoms with Crippen molar-refractivity contribution in [3.8, 4) is 51.0 Å². The summed E-state index contributed by atoms with van der Waals surface area (Å²) in [5.41, 5.74) is 9.78. The van der Waals surface area contributed by atoms with Crippen LogP contribution in [-0.4, -0.2) is 19.5 Å². The van der Waals surface area contributed by atoms with Crippen LogP contribution in [-0.2, 0) is 0 Å². The predicted octanol–water partition coefficient (Wildman–Crippen LogP) is 13.9. The number of para-hydroxylation sites is 2. The van der Waals surface area contributed by atoms with Gasteiger partial charge in [0.05, 0.1) is 11.0 Å². The lowest BCUT2D eigenvalue weighted by Gasteiger charge is -2.12. The number of hydrogen-bond donors (Lipinski definition) is 0. The molecule has 0 aliphatic rings. The van der Waals surface area contributed by atoms with Crippen LogP contribution in [0, 0.1) is 0 Å². The van der Waals surface area contributed by atoms with Crippen LogP contribution in [0.2, 0.25) is 0 Å². The molecule has 266 valence electrons. The fourth-order valence-corrected chi connectivity index (χ4v) is 9.55. The summed E-state index contributed by atoms with van der Waals surface area (Å²) in [6, 6.07) is 63.8. The summed E-state index contributed by atoms with van der Waals surface area (Å²) >= 11 is 1.80. The molecule has 0 amide bonds. The van der Waals surface area contributed by atoms with Crippen LogP contribution in [0.25, 0.3) is 115 Å². The van der Waals surface area contributed by atoms with Gasteiger partial charge in [0.2, 0.25) is 0 Å². The first-order valence-corrected chi connectivity index (χ1v) is 19.8. The molecule has 12 rings (SSSR count). The summed E-state index contributed by atoms with van der Waals surface area (Å²) in [5, 5.41) is 6.82. The molecule has 4 heterocycles. The maximum Gasteiger partial charge on any atom is 0.164 e. The Bertz CT molecular complexity index is 3470. The number of nitrogens with zero attached hydrogens (tertiary/aromatic N) is 4. The third-order valence-corrected chi connectivity index (χ3v) is 12.2. The van der Waals surface area contributed by atoms with Gasteiger partial charge in [-0.05, 0) is 60.2 Å². The van der Waals surface area contributed by atoms with Crippen LogP contribution in [0.5, 0.6) is 0 Å². The van der Waals surface area contributed by atoms with Crippen molar-refractivity contribution in [3.05, 3.63) is 182 Å². The normalized spacial score (nSPS) is 11.9. The molecule has 12 aromatic rings. The maximum atomic E-state index is 6.88. The number of hydrogen-bond acceptors (Lipinski definition) is 5. The Morgan fingerprint density at radius 1 is 0.404 bits per heavy atom. The maximum absolute atomic E-state index is 6.88. The molecular formula is C51H30N4OS. The highest BCUT2D eigenvalue weighted by molar-refractivity contribution is 7.25. The number of aromatic nitrogens is 4. The third-order valence-electron chi connectivity index (χ3n) is 11.0. The van der Waals surface area contributed by atoms with E-state index in [9.17, 15) is 0 Å². The molecule has 4 aromatic heterocycles. The standard InChI is InChI=1S/C51H30N4OS/c1-3-14-31(15-4-1)39-29-34(55-42-22-10-7-18-35(42)36-19-8-11-23-43(36)55)30-41-47-38(21-13-24-44(47)56-48(39)41)51-53-49(32-16-5-2-6-17-32)52-50(54-51)33-26-27-46-40(28-33)37-20-9-12-25-45(37)57-46/h1-30H. The van der Waals surface area contributed by atoms with E-state index in [-0.39, 0.29) is 0 Å². The second kappa shape index (κ2) is 12.6. The lowest BCUT2D eigenvalue weighted by molar-refractivity contribution is 0.670. The molecule has 0 atom stereocenters. The Kier molecular flexibility index (Phi) is 7.03. The van der Waals surface area contributed by atoms with Gasteiger partial charge in [-0.1, -0.05) is 127 Å². The second-order valence-electron chi connectivity index (χ2n) is 14.4. The summed E-state index contributed by atoms with van der Waals surface area (Å²) in [4.78, 5) is 15.6. The van der Waals surface area contributed by atoms with Gasteiger partial charge < -0.3 is 8.98 Å². The van der Waals surface area contributed by atoms with E-state index in [2.05, 4.69) is 156 Å². The molecule has 0 fully saturated rings. The largest absolute Gasteiger partial charge is 0.455 e. The van der Waals surface area contributed by atoms with Crippen molar-refractivity contribution in [3.63, 3.8) is 0 Å². The minimum Gasteiger partial charge on any atom is -0.455 e. The quantitative estimate of drug-likeness (QED) is 0.176. The first-order chi connectivity index (χ1) is 28.2. The fourth-order valence-electron chi connectivity index (χ4n) is 8.47. The van der Waals surface area contributed by atoms with E-state index < -0.39 is 0 Å². The van der Waals surface area contributed by atoms with E-state index in [4.69, 9.17) is 19.4 Å². The summed E-state index contributed by atoms with van der Waals surface area (Å²) in [5.74, 6) is 1.83. The Balaban J connectivity index is 1.15. The van der Waals surface area contributed by atoms with Crippen molar-refractivity contribution in [2.75, 3.05) is 0 Å². The molecule has 0 unspecified atom stereocenters. The number of thiophene rings is 1. The first-order valence-electron chi connectivity index (χ1n) is 19.0. The third kappa shape index (κ3) is 5.04. The van der Waals surface area contributed by atoms with Crippen LogP contribution in [0.4, 0.5) is 0 Å². The van der Waals surface area contributed by atoms with E-state index in [0.717, 1.165) is 66.5 Å². The first kappa shape index (κ1) is 31.9. The summed E-state index contributed by atoms with van der Waals surface area (Å²) < 4.78 is 11.8. The Morgan fingerprint density at radius 2 is 1.02 bits per heavy atom. The van der Waals surface area contributed by atoms with E-state index in [1.165, 1.54) is 30.9 Å². The average molecular weight is 747 g/mol. The average Bonchev–Trinajstić information content (AvgIpc) is 3.96. The molecule has 0 radical (unpaired) electrons. The van der Waals surface area contributed by atoms with Gasteiger partial charge in [-0.2, -0.15) is 0 Å². The molecule has 0 saturated heterocycles. The van der Waals surface area contributed by atoms with E-state index in [0.29, 0.717) is 17.5 Å². The van der Waals surface area contributed by atoms with Gasteiger partial charge in [-0.25, -0.2) is 15.0 Å². The van der Waals surface area contributed by atoms with Crippen molar-refractivity contribution in [1.29, 1.82) is 0 Å². The zero-order valence-electron chi connectivity index (χ0n) is 30.4. The molecule has 0 aliphatic heterocycles. The molecule has 0 saturated carbocycles. The lowest BCUT2D eigenvalue weighted by Crippen LogP contribution is -2.00. The summed E-state index contributed by atoms with van der Waals surface area (Å²) in [6.07, 6.45) is 0. The van der Waals surface area contributed by atoms with Gasteiger partial charge in [0.25, 0.3) is 0 Å². The number of benzene rings is 8. The number of furan rings is 1. The van der Waals surface area contributed by atoms with Crippen LogP contribution in [0.15, 0.2) is 186 Å². The smallest absolute Gasteiger partial charge is 0.164 e. The Morgan fingerprint density at radius 3 is 1.77 bits per heavy atom. The van der Waals surface area contributed by atoms with E-state index in [1.807, 2.05) is 30.3 Å². The van der Waals surface area contributed by atoms with Crippen LogP contribution in [0.1, 0.15) is 0 Å². The van der Waals surface area contributed by atoms with Gasteiger partial charge in [-0.3, -0.25) is 0 Å². The number of rotatable bonds is 5. The van der Waals surface area contributed by atoms with Crippen molar-refractivity contribution >= 4 is 75.3 Å². The molecule has 5 nitrogen and oxygen atoms in total.